The van der Waals surface area contributed by atoms with Crippen molar-refractivity contribution in [3.63, 3.8) is 0 Å². The van der Waals surface area contributed by atoms with E-state index in [0.717, 1.165) is 0 Å². The summed E-state index contributed by atoms with van der Waals surface area (Å²) in [5, 5.41) is 21.5. The average Bonchev–Trinajstić information content (AvgIpc) is 2.73. The second-order valence-corrected chi connectivity index (χ2v) is 3.82. The van der Waals surface area contributed by atoms with E-state index < -0.39 is 24.5 Å². The molecule has 7 nitrogen and oxygen atoms in total. The van der Waals surface area contributed by atoms with Crippen molar-refractivity contribution in [2.24, 2.45) is 5.73 Å². The molecule has 0 radical (unpaired) electrons. The Morgan fingerprint density at radius 2 is 2.31 bits per heavy atom. The van der Waals surface area contributed by atoms with Crippen LogP contribution in [-0.4, -0.2) is 39.7 Å². The number of carbonyl (C=O) groups is 2. The summed E-state index contributed by atoms with van der Waals surface area (Å²) in [6.07, 6.45) is 0. The lowest BCUT2D eigenvalue weighted by molar-refractivity contribution is -0.140. The average molecular weight is 245 g/mol. The molecular formula is C8H11N3O4S. The highest BCUT2D eigenvalue weighted by atomic mass is 32.1. The number of amides is 1. The van der Waals surface area contributed by atoms with Crippen molar-refractivity contribution in [2.45, 2.75) is 12.6 Å². The maximum Gasteiger partial charge on any atom is 0.328 e. The molecule has 1 aromatic rings. The van der Waals surface area contributed by atoms with Gasteiger partial charge in [0.25, 0.3) is 5.91 Å². The Labute approximate surface area is 94.9 Å². The summed E-state index contributed by atoms with van der Waals surface area (Å²) >= 11 is 1.21. The van der Waals surface area contributed by atoms with Gasteiger partial charge in [0, 0.05) is 11.9 Å². The Hall–Kier alpha value is -1.51. The number of aromatic nitrogens is 1. The van der Waals surface area contributed by atoms with Crippen LogP contribution in [0.1, 0.15) is 15.5 Å². The lowest BCUT2D eigenvalue weighted by atomic mass is 10.3. The normalized spacial score (nSPS) is 12.1. The number of hydrogen-bond donors (Lipinski definition) is 4. The zero-order chi connectivity index (χ0) is 12.1. The fourth-order valence-electron chi connectivity index (χ4n) is 0.927. The highest BCUT2D eigenvalue weighted by Crippen LogP contribution is 2.08. The molecule has 1 aromatic heterocycles. The molecule has 0 aliphatic carbocycles. The first-order chi connectivity index (χ1) is 7.58. The van der Waals surface area contributed by atoms with Crippen LogP contribution in [0.5, 0.6) is 0 Å². The van der Waals surface area contributed by atoms with Crippen LogP contribution in [0.3, 0.4) is 0 Å². The monoisotopic (exact) mass is 245 g/mol. The van der Waals surface area contributed by atoms with Crippen LogP contribution in [0.2, 0.25) is 0 Å². The van der Waals surface area contributed by atoms with Gasteiger partial charge in [-0.05, 0) is 0 Å². The first kappa shape index (κ1) is 12.6. The minimum atomic E-state index is -1.32. The zero-order valence-corrected chi connectivity index (χ0v) is 9.03. The number of aliphatic hydroxyl groups excluding tert-OH is 1. The summed E-state index contributed by atoms with van der Waals surface area (Å²) in [7, 11) is 0. The number of rotatable bonds is 5. The van der Waals surface area contributed by atoms with E-state index in [-0.39, 0.29) is 12.2 Å². The van der Waals surface area contributed by atoms with Crippen molar-refractivity contribution in [1.82, 2.24) is 10.3 Å². The summed E-state index contributed by atoms with van der Waals surface area (Å²) in [5.74, 6) is -1.94. The van der Waals surface area contributed by atoms with Gasteiger partial charge < -0.3 is 21.3 Å². The van der Waals surface area contributed by atoms with Crippen LogP contribution in [-0.2, 0) is 11.3 Å². The third-order valence-corrected chi connectivity index (χ3v) is 2.62. The second-order valence-electron chi connectivity index (χ2n) is 2.88. The number of carbonyl (C=O) groups excluding carboxylic acids is 1. The molecule has 8 heteroatoms. The number of thiazole rings is 1. The zero-order valence-electron chi connectivity index (χ0n) is 8.21. The van der Waals surface area contributed by atoms with Gasteiger partial charge in [-0.3, -0.25) is 4.79 Å². The van der Waals surface area contributed by atoms with Gasteiger partial charge in [0.15, 0.2) is 6.04 Å². The molecule has 0 aromatic carbocycles. The van der Waals surface area contributed by atoms with Crippen LogP contribution < -0.4 is 11.1 Å². The van der Waals surface area contributed by atoms with Crippen molar-refractivity contribution in [3.8, 4) is 0 Å². The van der Waals surface area contributed by atoms with Crippen LogP contribution in [0, 0.1) is 0 Å². The van der Waals surface area contributed by atoms with Crippen LogP contribution in [0.25, 0.3) is 0 Å². The SMILES string of the molecule is NCc1nc(C(=O)NC(CO)C(=O)O)cs1. The molecule has 1 unspecified atom stereocenters. The fraction of sp³-hybridized carbons (Fsp3) is 0.375. The quantitative estimate of drug-likeness (QED) is 0.515. The van der Waals surface area contributed by atoms with E-state index in [1.807, 2.05) is 0 Å². The number of aliphatic carboxylic acids is 1. The topological polar surface area (TPSA) is 126 Å². The Balaban J connectivity index is 2.67. The molecule has 0 saturated carbocycles. The van der Waals surface area contributed by atoms with E-state index in [2.05, 4.69) is 10.3 Å². The predicted molar refractivity (Wildman–Crippen MR) is 56.0 cm³/mol. The molecule has 0 aliphatic rings. The lowest BCUT2D eigenvalue weighted by Gasteiger charge is -2.09. The minimum absolute atomic E-state index is 0.102. The number of hydrogen-bond acceptors (Lipinski definition) is 6. The van der Waals surface area contributed by atoms with E-state index in [1.54, 1.807) is 0 Å². The fourth-order valence-corrected chi connectivity index (χ4v) is 1.58. The maximum atomic E-state index is 11.5. The van der Waals surface area contributed by atoms with Crippen molar-refractivity contribution in [1.29, 1.82) is 0 Å². The molecule has 88 valence electrons. The van der Waals surface area contributed by atoms with E-state index in [4.69, 9.17) is 15.9 Å². The Kier molecular flexibility index (Phi) is 4.35. The largest absolute Gasteiger partial charge is 0.480 e. The second kappa shape index (κ2) is 5.54. The van der Waals surface area contributed by atoms with Crippen molar-refractivity contribution < 1.29 is 19.8 Å². The molecule has 0 aliphatic heterocycles. The van der Waals surface area contributed by atoms with E-state index in [1.165, 1.54) is 16.7 Å². The molecule has 0 spiro atoms. The molecule has 5 N–H and O–H groups in total. The van der Waals surface area contributed by atoms with Crippen molar-refractivity contribution >= 4 is 23.2 Å². The van der Waals surface area contributed by atoms with Gasteiger partial charge in [0.1, 0.15) is 10.7 Å². The molecule has 1 rings (SSSR count). The van der Waals surface area contributed by atoms with Gasteiger partial charge >= 0.3 is 5.97 Å². The van der Waals surface area contributed by atoms with Crippen LogP contribution in [0.15, 0.2) is 5.38 Å². The van der Waals surface area contributed by atoms with Gasteiger partial charge in [-0.15, -0.1) is 11.3 Å². The van der Waals surface area contributed by atoms with Gasteiger partial charge in [0.05, 0.1) is 6.61 Å². The van der Waals surface area contributed by atoms with E-state index in [0.29, 0.717) is 5.01 Å². The van der Waals surface area contributed by atoms with E-state index >= 15 is 0 Å². The van der Waals surface area contributed by atoms with Crippen molar-refractivity contribution in [2.75, 3.05) is 6.61 Å². The molecule has 0 fully saturated rings. The molecule has 1 amide bonds. The molecular weight excluding hydrogens is 234 g/mol. The number of nitrogens with one attached hydrogen (secondary N) is 1. The van der Waals surface area contributed by atoms with Crippen molar-refractivity contribution in [3.05, 3.63) is 16.1 Å². The smallest absolute Gasteiger partial charge is 0.328 e. The Bertz CT molecular complexity index is 392. The molecule has 16 heavy (non-hydrogen) atoms. The van der Waals surface area contributed by atoms with Crippen LogP contribution >= 0.6 is 11.3 Å². The van der Waals surface area contributed by atoms with Gasteiger partial charge in [-0.1, -0.05) is 0 Å². The molecule has 1 atom stereocenters. The van der Waals surface area contributed by atoms with Gasteiger partial charge in [-0.2, -0.15) is 0 Å². The molecule has 0 bridgehead atoms. The summed E-state index contributed by atoms with van der Waals surface area (Å²) in [5.41, 5.74) is 5.42. The molecule has 0 saturated heterocycles. The highest BCUT2D eigenvalue weighted by Gasteiger charge is 2.20. The van der Waals surface area contributed by atoms with Gasteiger partial charge in [-0.25, -0.2) is 9.78 Å². The van der Waals surface area contributed by atoms with E-state index in [9.17, 15) is 9.59 Å². The lowest BCUT2D eigenvalue weighted by Crippen LogP contribution is -2.43. The van der Waals surface area contributed by atoms with Gasteiger partial charge in [0.2, 0.25) is 0 Å². The summed E-state index contributed by atoms with van der Waals surface area (Å²) in [4.78, 5) is 25.9. The first-order valence-corrected chi connectivity index (χ1v) is 5.25. The standard InChI is InChI=1S/C8H11N3O4S/c9-1-6-10-5(3-16-6)7(13)11-4(2-12)8(14)15/h3-4,12H,1-2,9H2,(H,11,13)(H,14,15). The predicted octanol–water partition coefficient (Wildman–Crippen LogP) is -1.22. The number of carboxylic acid groups (broad SMARTS) is 1. The number of aliphatic hydroxyl groups is 1. The molecule has 1 heterocycles. The third kappa shape index (κ3) is 2.99. The number of nitrogens with two attached hydrogens (primary N) is 1. The summed E-state index contributed by atoms with van der Waals surface area (Å²) in [6, 6.07) is -1.32. The maximum absolute atomic E-state index is 11.5. The highest BCUT2D eigenvalue weighted by molar-refractivity contribution is 7.09. The van der Waals surface area contributed by atoms with Crippen LogP contribution in [0.4, 0.5) is 0 Å². The Morgan fingerprint density at radius 1 is 1.62 bits per heavy atom. The number of carboxylic acids is 1. The minimum Gasteiger partial charge on any atom is -0.480 e. The summed E-state index contributed by atoms with van der Waals surface area (Å²) < 4.78 is 0. The Morgan fingerprint density at radius 3 is 2.75 bits per heavy atom. The summed E-state index contributed by atoms with van der Waals surface area (Å²) in [6.45, 7) is -0.449. The third-order valence-electron chi connectivity index (χ3n) is 1.75. The first-order valence-electron chi connectivity index (χ1n) is 4.37. The number of nitrogens with zero attached hydrogens (tertiary/aromatic N) is 1.